The molecule has 0 spiro atoms. The van der Waals surface area contributed by atoms with Crippen LogP contribution in [0, 0.1) is 5.82 Å². The van der Waals surface area contributed by atoms with E-state index in [4.69, 9.17) is 15.2 Å². The highest BCUT2D eigenvalue weighted by atomic mass is 19.1. The smallest absolute Gasteiger partial charge is 0.341 e. The molecule has 0 saturated heterocycles. The standard InChI is InChI=1S/C18H20FN3O6/c1-4-7-22-15(20)14(16(24)21(2)18(22)26)13(23)9-28-17(25)11-6-5-10(27-3)8-12(11)19/h5-6,8H,4,7,9,20H2,1-3H3. The molecule has 2 N–H and O–H groups in total. The Bertz CT molecular complexity index is 1040. The van der Waals surface area contributed by atoms with Gasteiger partial charge < -0.3 is 15.2 Å². The summed E-state index contributed by atoms with van der Waals surface area (Å²) in [6, 6.07) is 3.50. The monoisotopic (exact) mass is 393 g/mol. The molecule has 2 rings (SSSR count). The minimum Gasteiger partial charge on any atom is -0.497 e. The number of aromatic nitrogens is 2. The molecule has 28 heavy (non-hydrogen) atoms. The van der Waals surface area contributed by atoms with Crippen molar-refractivity contribution in [3.8, 4) is 5.75 Å². The first-order valence-corrected chi connectivity index (χ1v) is 8.36. The highest BCUT2D eigenvalue weighted by Gasteiger charge is 2.23. The van der Waals surface area contributed by atoms with Crippen LogP contribution in [-0.4, -0.2) is 34.6 Å². The van der Waals surface area contributed by atoms with Gasteiger partial charge in [-0.05, 0) is 18.6 Å². The molecule has 1 aromatic carbocycles. The van der Waals surface area contributed by atoms with E-state index >= 15 is 0 Å². The molecule has 0 radical (unpaired) electrons. The van der Waals surface area contributed by atoms with Crippen LogP contribution in [0.1, 0.15) is 34.1 Å². The highest BCUT2D eigenvalue weighted by Crippen LogP contribution is 2.17. The zero-order chi connectivity index (χ0) is 21.0. The topological polar surface area (TPSA) is 123 Å². The van der Waals surface area contributed by atoms with Crippen molar-refractivity contribution in [3.63, 3.8) is 0 Å². The second-order valence-corrected chi connectivity index (χ2v) is 5.90. The first-order valence-electron chi connectivity index (χ1n) is 8.36. The maximum absolute atomic E-state index is 13.9. The molecule has 0 bridgehead atoms. The first kappa shape index (κ1) is 20.9. The third-order valence-corrected chi connectivity index (χ3v) is 4.04. The summed E-state index contributed by atoms with van der Waals surface area (Å²) >= 11 is 0. The number of nitrogen functional groups attached to an aromatic ring is 1. The average Bonchev–Trinajstić information content (AvgIpc) is 2.67. The molecular formula is C18H20FN3O6. The molecule has 0 aliphatic heterocycles. The SMILES string of the molecule is CCCn1c(N)c(C(=O)COC(=O)c2ccc(OC)cc2F)c(=O)n(C)c1=O. The van der Waals surface area contributed by atoms with Gasteiger partial charge in [-0.25, -0.2) is 14.0 Å². The number of hydrogen-bond donors (Lipinski definition) is 1. The zero-order valence-electron chi connectivity index (χ0n) is 15.7. The lowest BCUT2D eigenvalue weighted by molar-refractivity contribution is 0.0469. The minimum absolute atomic E-state index is 0.204. The van der Waals surface area contributed by atoms with Crippen LogP contribution < -0.4 is 21.7 Å². The normalized spacial score (nSPS) is 10.6. The summed E-state index contributed by atoms with van der Waals surface area (Å²) in [6.07, 6.45) is 0.543. The summed E-state index contributed by atoms with van der Waals surface area (Å²) in [6.45, 7) is 1.16. The van der Waals surface area contributed by atoms with E-state index in [0.717, 1.165) is 21.3 Å². The molecule has 0 atom stereocenters. The summed E-state index contributed by atoms with van der Waals surface area (Å²) in [5.41, 5.74) is 3.42. The van der Waals surface area contributed by atoms with Crippen LogP contribution in [0.4, 0.5) is 10.2 Å². The number of ether oxygens (including phenoxy) is 2. The second-order valence-electron chi connectivity index (χ2n) is 5.90. The number of anilines is 1. The van der Waals surface area contributed by atoms with E-state index in [-0.39, 0.29) is 18.1 Å². The van der Waals surface area contributed by atoms with Crippen LogP contribution in [0.2, 0.25) is 0 Å². The Morgan fingerprint density at radius 3 is 2.50 bits per heavy atom. The lowest BCUT2D eigenvalue weighted by atomic mass is 10.2. The quantitative estimate of drug-likeness (QED) is 0.543. The lowest BCUT2D eigenvalue weighted by Crippen LogP contribution is -2.43. The molecule has 150 valence electrons. The molecule has 1 heterocycles. The number of ketones is 1. The third-order valence-electron chi connectivity index (χ3n) is 4.04. The van der Waals surface area contributed by atoms with Gasteiger partial charge in [0.1, 0.15) is 22.9 Å². The summed E-state index contributed by atoms with van der Waals surface area (Å²) < 4.78 is 25.4. The minimum atomic E-state index is -1.09. The molecule has 10 heteroatoms. The number of hydrogen-bond acceptors (Lipinski definition) is 7. The summed E-state index contributed by atoms with van der Waals surface area (Å²) in [4.78, 5) is 48.9. The predicted molar refractivity (Wildman–Crippen MR) is 98.2 cm³/mol. The molecule has 0 aliphatic rings. The highest BCUT2D eigenvalue weighted by molar-refractivity contribution is 6.02. The van der Waals surface area contributed by atoms with Crippen molar-refractivity contribution in [3.05, 3.63) is 56.0 Å². The van der Waals surface area contributed by atoms with Crippen LogP contribution in [0.25, 0.3) is 0 Å². The van der Waals surface area contributed by atoms with Crippen molar-refractivity contribution in [2.75, 3.05) is 19.5 Å². The second kappa shape index (κ2) is 8.51. The van der Waals surface area contributed by atoms with Gasteiger partial charge >= 0.3 is 11.7 Å². The molecule has 0 fully saturated rings. The fourth-order valence-electron chi connectivity index (χ4n) is 2.55. The Morgan fingerprint density at radius 1 is 1.25 bits per heavy atom. The van der Waals surface area contributed by atoms with E-state index in [0.29, 0.717) is 6.42 Å². The number of carbonyl (C=O) groups excluding carboxylic acids is 2. The molecule has 0 aliphatic carbocycles. The molecule has 9 nitrogen and oxygen atoms in total. The Balaban J connectivity index is 2.27. The van der Waals surface area contributed by atoms with E-state index in [1.54, 1.807) is 6.92 Å². The number of rotatable bonds is 7. The van der Waals surface area contributed by atoms with Gasteiger partial charge in [0.05, 0.1) is 12.7 Å². The van der Waals surface area contributed by atoms with Crippen molar-refractivity contribution in [2.24, 2.45) is 7.05 Å². The van der Waals surface area contributed by atoms with Crippen molar-refractivity contribution in [1.82, 2.24) is 9.13 Å². The first-order chi connectivity index (χ1) is 13.2. The Morgan fingerprint density at radius 2 is 1.93 bits per heavy atom. The van der Waals surface area contributed by atoms with Gasteiger partial charge in [0.15, 0.2) is 6.61 Å². The van der Waals surface area contributed by atoms with Crippen molar-refractivity contribution in [1.29, 1.82) is 0 Å². The zero-order valence-corrected chi connectivity index (χ0v) is 15.7. The van der Waals surface area contributed by atoms with Crippen molar-refractivity contribution >= 4 is 17.6 Å². The van der Waals surface area contributed by atoms with Crippen LogP contribution in [-0.2, 0) is 18.3 Å². The molecule has 2 aromatic rings. The van der Waals surface area contributed by atoms with Gasteiger partial charge in [-0.1, -0.05) is 6.92 Å². The van der Waals surface area contributed by atoms with Gasteiger partial charge in [0, 0.05) is 19.7 Å². The van der Waals surface area contributed by atoms with Gasteiger partial charge in [-0.3, -0.25) is 18.7 Å². The predicted octanol–water partition coefficient (Wildman–Crippen LogP) is 0.727. The number of halogens is 1. The Labute approximate surface area is 159 Å². The van der Waals surface area contributed by atoms with Crippen molar-refractivity contribution in [2.45, 2.75) is 19.9 Å². The van der Waals surface area contributed by atoms with Gasteiger partial charge in [-0.2, -0.15) is 0 Å². The summed E-state index contributed by atoms with van der Waals surface area (Å²) in [5, 5.41) is 0. The van der Waals surface area contributed by atoms with Gasteiger partial charge in [-0.15, -0.1) is 0 Å². The molecule has 0 amide bonds. The molecule has 1 aromatic heterocycles. The number of methoxy groups -OCH3 is 1. The van der Waals surface area contributed by atoms with E-state index in [9.17, 15) is 23.6 Å². The van der Waals surface area contributed by atoms with Crippen LogP contribution in [0.15, 0.2) is 27.8 Å². The molecule has 0 saturated carbocycles. The summed E-state index contributed by atoms with van der Waals surface area (Å²) in [7, 11) is 2.56. The Kier molecular flexibility index (Phi) is 6.34. The largest absolute Gasteiger partial charge is 0.497 e. The number of nitrogens with two attached hydrogens (primary N) is 1. The number of esters is 1. The third kappa shape index (κ3) is 3.95. The maximum Gasteiger partial charge on any atom is 0.341 e. The number of Topliss-reactive ketones (excluding diaryl/α,β-unsaturated/α-hetero) is 1. The van der Waals surface area contributed by atoms with E-state index < -0.39 is 46.6 Å². The van der Waals surface area contributed by atoms with E-state index in [1.165, 1.54) is 20.2 Å². The van der Waals surface area contributed by atoms with E-state index in [2.05, 4.69) is 0 Å². The van der Waals surface area contributed by atoms with Gasteiger partial charge in [0.25, 0.3) is 5.56 Å². The number of nitrogens with zero attached hydrogens (tertiary/aromatic N) is 2. The molecular weight excluding hydrogens is 373 g/mol. The fourth-order valence-corrected chi connectivity index (χ4v) is 2.55. The number of benzene rings is 1. The maximum atomic E-state index is 13.9. The average molecular weight is 393 g/mol. The molecule has 0 unspecified atom stereocenters. The lowest BCUT2D eigenvalue weighted by Gasteiger charge is -2.14. The summed E-state index contributed by atoms with van der Waals surface area (Å²) in [5.74, 6) is -2.97. The van der Waals surface area contributed by atoms with Gasteiger partial charge in [0.2, 0.25) is 5.78 Å². The van der Waals surface area contributed by atoms with Crippen molar-refractivity contribution < 1.29 is 23.5 Å². The van der Waals surface area contributed by atoms with E-state index in [1.807, 2.05) is 0 Å². The number of carbonyl (C=O) groups is 2. The van der Waals surface area contributed by atoms with Crippen LogP contribution in [0.5, 0.6) is 5.75 Å². The fraction of sp³-hybridized carbons (Fsp3) is 0.333. The Hall–Kier alpha value is -3.43. The van der Waals surface area contributed by atoms with Crippen LogP contribution >= 0.6 is 0 Å². The van der Waals surface area contributed by atoms with Crippen LogP contribution in [0.3, 0.4) is 0 Å².